The lowest BCUT2D eigenvalue weighted by atomic mass is 9.91. The molecule has 78 valence electrons. The van der Waals surface area contributed by atoms with Crippen LogP contribution in [-0.4, -0.2) is 0 Å². The first-order chi connectivity index (χ1) is 6.50. The van der Waals surface area contributed by atoms with E-state index in [0.717, 1.165) is 11.4 Å². The minimum atomic E-state index is 0.647. The molecule has 0 aromatic heterocycles. The van der Waals surface area contributed by atoms with E-state index in [1.54, 1.807) is 0 Å². The van der Waals surface area contributed by atoms with E-state index in [-0.39, 0.29) is 0 Å². The van der Waals surface area contributed by atoms with Crippen molar-refractivity contribution in [3.05, 3.63) is 33.8 Å². The summed E-state index contributed by atoms with van der Waals surface area (Å²) in [4.78, 5) is 0. The SMILES string of the molecule is CC(C)C(C)Cc1ccc(Cl)cc1Cl. The fourth-order valence-corrected chi connectivity index (χ4v) is 1.76. The summed E-state index contributed by atoms with van der Waals surface area (Å²) in [6.45, 7) is 6.71. The number of benzene rings is 1. The number of rotatable bonds is 3. The first-order valence-corrected chi connectivity index (χ1v) is 5.70. The summed E-state index contributed by atoms with van der Waals surface area (Å²) >= 11 is 11.9. The maximum absolute atomic E-state index is 6.09. The van der Waals surface area contributed by atoms with Gasteiger partial charge in [-0.1, -0.05) is 50.0 Å². The molecule has 2 heteroatoms. The Kier molecular flexibility index (Phi) is 4.28. The second-order valence-corrected chi connectivity index (χ2v) is 5.00. The highest BCUT2D eigenvalue weighted by molar-refractivity contribution is 6.35. The lowest BCUT2D eigenvalue weighted by molar-refractivity contribution is 0.417. The Balaban J connectivity index is 2.77. The first-order valence-electron chi connectivity index (χ1n) is 4.94. The van der Waals surface area contributed by atoms with Crippen LogP contribution in [0.4, 0.5) is 0 Å². The molecule has 1 aromatic rings. The Morgan fingerprint density at radius 1 is 1.14 bits per heavy atom. The standard InChI is InChI=1S/C12H16Cl2/c1-8(2)9(3)6-10-4-5-11(13)7-12(10)14/h4-5,7-9H,6H2,1-3H3. The molecule has 0 heterocycles. The normalized spacial score (nSPS) is 13.3. The van der Waals surface area contributed by atoms with Crippen molar-refractivity contribution in [2.45, 2.75) is 27.2 Å². The smallest absolute Gasteiger partial charge is 0.0452 e. The van der Waals surface area contributed by atoms with Gasteiger partial charge in [-0.3, -0.25) is 0 Å². The number of hydrogen-bond acceptors (Lipinski definition) is 0. The summed E-state index contributed by atoms with van der Waals surface area (Å²) in [6, 6.07) is 5.73. The van der Waals surface area contributed by atoms with Crippen LogP contribution >= 0.6 is 23.2 Å². The molecule has 1 atom stereocenters. The van der Waals surface area contributed by atoms with E-state index in [1.165, 1.54) is 5.56 Å². The molecule has 1 rings (SSSR count). The molecule has 0 aliphatic rings. The van der Waals surface area contributed by atoms with Crippen LogP contribution in [0, 0.1) is 11.8 Å². The zero-order valence-electron chi connectivity index (χ0n) is 8.85. The largest absolute Gasteiger partial charge is 0.0843 e. The van der Waals surface area contributed by atoms with Crippen molar-refractivity contribution < 1.29 is 0 Å². The average molecular weight is 231 g/mol. The Morgan fingerprint density at radius 3 is 2.29 bits per heavy atom. The Bertz CT molecular complexity index is 305. The molecule has 0 spiro atoms. The van der Waals surface area contributed by atoms with Gasteiger partial charge in [0.2, 0.25) is 0 Å². The van der Waals surface area contributed by atoms with Crippen LogP contribution in [0.3, 0.4) is 0 Å². The molecular formula is C12H16Cl2. The van der Waals surface area contributed by atoms with Gasteiger partial charge >= 0.3 is 0 Å². The van der Waals surface area contributed by atoms with E-state index in [1.807, 2.05) is 18.2 Å². The lowest BCUT2D eigenvalue weighted by Gasteiger charge is -2.16. The van der Waals surface area contributed by atoms with Gasteiger partial charge in [0.15, 0.2) is 0 Å². The fraction of sp³-hybridized carbons (Fsp3) is 0.500. The van der Waals surface area contributed by atoms with Crippen molar-refractivity contribution in [3.8, 4) is 0 Å². The van der Waals surface area contributed by atoms with Gasteiger partial charge in [0.1, 0.15) is 0 Å². The number of halogens is 2. The predicted octanol–water partition coefficient (Wildman–Crippen LogP) is 4.83. The van der Waals surface area contributed by atoms with Crippen molar-refractivity contribution in [2.24, 2.45) is 11.8 Å². The topological polar surface area (TPSA) is 0 Å². The van der Waals surface area contributed by atoms with Crippen LogP contribution in [0.15, 0.2) is 18.2 Å². The molecule has 14 heavy (non-hydrogen) atoms. The van der Waals surface area contributed by atoms with Crippen molar-refractivity contribution >= 4 is 23.2 Å². The van der Waals surface area contributed by atoms with Crippen LogP contribution in [-0.2, 0) is 6.42 Å². The van der Waals surface area contributed by atoms with Gasteiger partial charge < -0.3 is 0 Å². The van der Waals surface area contributed by atoms with E-state index in [4.69, 9.17) is 23.2 Å². The van der Waals surface area contributed by atoms with E-state index in [9.17, 15) is 0 Å². The zero-order valence-corrected chi connectivity index (χ0v) is 10.4. The summed E-state index contributed by atoms with van der Waals surface area (Å²) in [6.07, 6.45) is 1.02. The van der Waals surface area contributed by atoms with E-state index in [0.29, 0.717) is 16.9 Å². The maximum Gasteiger partial charge on any atom is 0.0452 e. The van der Waals surface area contributed by atoms with Crippen LogP contribution in [0.5, 0.6) is 0 Å². The molecule has 0 saturated heterocycles. The molecule has 0 bridgehead atoms. The summed E-state index contributed by atoms with van der Waals surface area (Å²) in [5.41, 5.74) is 1.19. The Hall–Kier alpha value is -0.200. The van der Waals surface area contributed by atoms with E-state index >= 15 is 0 Å². The van der Waals surface area contributed by atoms with Crippen LogP contribution in [0.1, 0.15) is 26.3 Å². The third-order valence-electron chi connectivity index (χ3n) is 2.70. The molecule has 0 aliphatic carbocycles. The summed E-state index contributed by atoms with van der Waals surface area (Å²) in [5.74, 6) is 1.33. The highest BCUT2D eigenvalue weighted by Crippen LogP contribution is 2.25. The zero-order chi connectivity index (χ0) is 10.7. The third kappa shape index (κ3) is 3.18. The molecule has 0 amide bonds. The molecule has 0 N–H and O–H groups in total. The minimum Gasteiger partial charge on any atom is -0.0843 e. The highest BCUT2D eigenvalue weighted by Gasteiger charge is 2.10. The Morgan fingerprint density at radius 2 is 1.79 bits per heavy atom. The number of hydrogen-bond donors (Lipinski definition) is 0. The third-order valence-corrected chi connectivity index (χ3v) is 3.28. The van der Waals surface area contributed by atoms with Gasteiger partial charge in [0.25, 0.3) is 0 Å². The monoisotopic (exact) mass is 230 g/mol. The van der Waals surface area contributed by atoms with Crippen LogP contribution in [0.2, 0.25) is 10.0 Å². The molecule has 0 aliphatic heterocycles. The fourth-order valence-electron chi connectivity index (χ4n) is 1.27. The Labute approximate surface area is 96.2 Å². The molecule has 0 radical (unpaired) electrons. The van der Waals surface area contributed by atoms with Gasteiger partial charge in [-0.25, -0.2) is 0 Å². The second-order valence-electron chi connectivity index (χ2n) is 4.16. The summed E-state index contributed by atoms with van der Waals surface area (Å²) in [5, 5.41) is 1.49. The maximum atomic E-state index is 6.09. The molecular weight excluding hydrogens is 215 g/mol. The van der Waals surface area contributed by atoms with E-state index in [2.05, 4.69) is 20.8 Å². The van der Waals surface area contributed by atoms with Gasteiger partial charge in [0.05, 0.1) is 0 Å². The van der Waals surface area contributed by atoms with Gasteiger partial charge in [-0.2, -0.15) is 0 Å². The first kappa shape index (κ1) is 11.9. The van der Waals surface area contributed by atoms with Crippen LogP contribution in [0.25, 0.3) is 0 Å². The summed E-state index contributed by atoms with van der Waals surface area (Å²) in [7, 11) is 0. The van der Waals surface area contributed by atoms with E-state index < -0.39 is 0 Å². The molecule has 0 fully saturated rings. The molecule has 1 aromatic carbocycles. The lowest BCUT2D eigenvalue weighted by Crippen LogP contribution is -2.07. The predicted molar refractivity (Wildman–Crippen MR) is 64.2 cm³/mol. The van der Waals surface area contributed by atoms with Crippen LogP contribution < -0.4 is 0 Å². The summed E-state index contributed by atoms with van der Waals surface area (Å²) < 4.78 is 0. The second kappa shape index (κ2) is 5.04. The quantitative estimate of drug-likeness (QED) is 0.699. The van der Waals surface area contributed by atoms with Gasteiger partial charge in [-0.15, -0.1) is 0 Å². The molecule has 1 unspecified atom stereocenters. The average Bonchev–Trinajstić information content (AvgIpc) is 2.09. The highest BCUT2D eigenvalue weighted by atomic mass is 35.5. The minimum absolute atomic E-state index is 0.647. The van der Waals surface area contributed by atoms with Gasteiger partial charge in [0, 0.05) is 10.0 Å². The van der Waals surface area contributed by atoms with Crippen molar-refractivity contribution in [1.82, 2.24) is 0 Å². The molecule has 0 nitrogen and oxygen atoms in total. The van der Waals surface area contributed by atoms with Crippen molar-refractivity contribution in [1.29, 1.82) is 0 Å². The van der Waals surface area contributed by atoms with Crippen molar-refractivity contribution in [3.63, 3.8) is 0 Å². The van der Waals surface area contributed by atoms with Gasteiger partial charge in [-0.05, 0) is 36.0 Å². The molecule has 0 saturated carbocycles. The van der Waals surface area contributed by atoms with Crippen molar-refractivity contribution in [2.75, 3.05) is 0 Å².